The van der Waals surface area contributed by atoms with E-state index in [1.807, 2.05) is 26.0 Å². The number of hydrogen-bond donors (Lipinski definition) is 0. The van der Waals surface area contributed by atoms with E-state index < -0.39 is 10.0 Å². The van der Waals surface area contributed by atoms with Gasteiger partial charge in [-0.25, -0.2) is 8.42 Å². The summed E-state index contributed by atoms with van der Waals surface area (Å²) in [6, 6.07) is 7.13. The van der Waals surface area contributed by atoms with E-state index in [2.05, 4.69) is 4.98 Å². The minimum Gasteiger partial charge on any atom is -0.495 e. The Morgan fingerprint density at radius 2 is 1.83 bits per heavy atom. The average Bonchev–Trinajstić information content (AvgIpc) is 3.08. The van der Waals surface area contributed by atoms with Crippen LogP contribution < -0.4 is 4.74 Å². The number of pyridine rings is 1. The van der Waals surface area contributed by atoms with Gasteiger partial charge >= 0.3 is 0 Å². The summed E-state index contributed by atoms with van der Waals surface area (Å²) in [5.41, 5.74) is 2.93. The molecular formula is C18H22N2O3S. The summed E-state index contributed by atoms with van der Waals surface area (Å²) in [6.07, 6.45) is 5.07. The molecule has 1 fully saturated rings. The molecule has 1 aliphatic rings. The number of rotatable bonds is 4. The van der Waals surface area contributed by atoms with Crippen LogP contribution in [0.3, 0.4) is 0 Å². The average molecular weight is 346 g/mol. The first-order valence-electron chi connectivity index (χ1n) is 8.02. The van der Waals surface area contributed by atoms with Crippen molar-refractivity contribution >= 4 is 10.0 Å². The van der Waals surface area contributed by atoms with E-state index in [1.54, 1.807) is 28.8 Å². The van der Waals surface area contributed by atoms with Crippen LogP contribution in [0.25, 0.3) is 0 Å². The van der Waals surface area contributed by atoms with E-state index in [9.17, 15) is 8.42 Å². The standard InChI is InChI=1S/C18H22N2O3S/c1-13-11-17(23-3)18(12-14(13)2)24(21,22)20-10-4-5-16(20)15-6-8-19-9-7-15/h6-9,11-12,16H,4-5,10H2,1-3H3. The molecule has 0 N–H and O–H groups in total. The summed E-state index contributed by atoms with van der Waals surface area (Å²) >= 11 is 0. The number of aromatic nitrogens is 1. The van der Waals surface area contributed by atoms with Crippen molar-refractivity contribution in [2.24, 2.45) is 0 Å². The second kappa shape index (κ2) is 6.53. The Bertz CT molecular complexity index is 835. The summed E-state index contributed by atoms with van der Waals surface area (Å²) in [5, 5.41) is 0. The lowest BCUT2D eigenvalue weighted by atomic mass is 10.1. The highest BCUT2D eigenvalue weighted by Gasteiger charge is 2.37. The van der Waals surface area contributed by atoms with Crippen molar-refractivity contribution in [3.8, 4) is 5.75 Å². The van der Waals surface area contributed by atoms with Gasteiger partial charge in [0.1, 0.15) is 10.6 Å². The third-order valence-corrected chi connectivity index (χ3v) is 6.59. The van der Waals surface area contributed by atoms with Crippen molar-refractivity contribution < 1.29 is 13.2 Å². The molecule has 6 heteroatoms. The summed E-state index contributed by atoms with van der Waals surface area (Å²) in [7, 11) is -2.12. The van der Waals surface area contributed by atoms with Crippen molar-refractivity contribution in [2.75, 3.05) is 13.7 Å². The monoisotopic (exact) mass is 346 g/mol. The largest absolute Gasteiger partial charge is 0.495 e. The molecule has 0 saturated carbocycles. The van der Waals surface area contributed by atoms with E-state index in [4.69, 9.17) is 4.74 Å². The highest BCUT2D eigenvalue weighted by molar-refractivity contribution is 7.89. The third-order valence-electron chi connectivity index (χ3n) is 4.66. The van der Waals surface area contributed by atoms with Gasteiger partial charge in [-0.05, 0) is 67.6 Å². The van der Waals surface area contributed by atoms with Crippen molar-refractivity contribution in [1.29, 1.82) is 0 Å². The molecule has 2 heterocycles. The minimum absolute atomic E-state index is 0.149. The maximum atomic E-state index is 13.3. The highest BCUT2D eigenvalue weighted by atomic mass is 32.2. The van der Waals surface area contributed by atoms with Gasteiger partial charge in [-0.15, -0.1) is 0 Å². The van der Waals surface area contributed by atoms with Crippen LogP contribution in [-0.4, -0.2) is 31.4 Å². The summed E-state index contributed by atoms with van der Waals surface area (Å²) in [6.45, 7) is 4.38. The van der Waals surface area contributed by atoms with E-state index in [0.29, 0.717) is 12.3 Å². The zero-order chi connectivity index (χ0) is 17.3. The van der Waals surface area contributed by atoms with Crippen molar-refractivity contribution in [1.82, 2.24) is 9.29 Å². The van der Waals surface area contributed by atoms with Gasteiger partial charge < -0.3 is 4.74 Å². The van der Waals surface area contributed by atoms with Crippen LogP contribution in [-0.2, 0) is 10.0 Å². The molecule has 1 unspecified atom stereocenters. The summed E-state index contributed by atoms with van der Waals surface area (Å²) in [4.78, 5) is 4.27. The van der Waals surface area contributed by atoms with Gasteiger partial charge in [-0.2, -0.15) is 4.31 Å². The summed E-state index contributed by atoms with van der Waals surface area (Å²) in [5.74, 6) is 0.401. The molecule has 1 aromatic carbocycles. The van der Waals surface area contributed by atoms with Crippen molar-refractivity contribution in [3.63, 3.8) is 0 Å². The predicted molar refractivity (Wildman–Crippen MR) is 92.6 cm³/mol. The SMILES string of the molecule is COc1cc(C)c(C)cc1S(=O)(=O)N1CCCC1c1ccncc1. The van der Waals surface area contributed by atoms with E-state index >= 15 is 0 Å². The molecule has 0 bridgehead atoms. The molecule has 1 aromatic heterocycles. The van der Waals surface area contributed by atoms with Crippen LogP contribution in [0.1, 0.15) is 35.6 Å². The first kappa shape index (κ1) is 16.9. The molecule has 0 spiro atoms. The lowest BCUT2D eigenvalue weighted by molar-refractivity contribution is 0.380. The topological polar surface area (TPSA) is 59.5 Å². The van der Waals surface area contributed by atoms with Gasteiger partial charge in [-0.1, -0.05) is 0 Å². The predicted octanol–water partition coefficient (Wildman–Crippen LogP) is 3.23. The minimum atomic E-state index is -3.63. The molecule has 5 nitrogen and oxygen atoms in total. The number of sulfonamides is 1. The van der Waals surface area contributed by atoms with Crippen LogP contribution in [0, 0.1) is 13.8 Å². The Morgan fingerprint density at radius 1 is 1.17 bits per heavy atom. The fraction of sp³-hybridized carbons (Fsp3) is 0.389. The maximum Gasteiger partial charge on any atom is 0.247 e. The maximum absolute atomic E-state index is 13.3. The Morgan fingerprint density at radius 3 is 2.50 bits per heavy atom. The van der Waals surface area contributed by atoms with Crippen molar-refractivity contribution in [2.45, 2.75) is 37.6 Å². The van der Waals surface area contributed by atoms with Crippen LogP contribution >= 0.6 is 0 Å². The molecular weight excluding hydrogens is 324 g/mol. The molecule has 0 radical (unpaired) electrons. The van der Waals surface area contributed by atoms with Gasteiger partial charge in [-0.3, -0.25) is 4.98 Å². The first-order valence-corrected chi connectivity index (χ1v) is 9.46. The van der Waals surface area contributed by atoms with Gasteiger partial charge in [0.05, 0.1) is 13.2 Å². The number of nitrogens with zero attached hydrogens (tertiary/aromatic N) is 2. The number of methoxy groups -OCH3 is 1. The number of benzene rings is 1. The fourth-order valence-corrected chi connectivity index (χ4v) is 5.10. The number of ether oxygens (including phenoxy) is 1. The van der Waals surface area contributed by atoms with Gasteiger partial charge in [0.2, 0.25) is 10.0 Å². The lowest BCUT2D eigenvalue weighted by Gasteiger charge is -2.25. The van der Waals surface area contributed by atoms with Gasteiger partial charge in [0.15, 0.2) is 0 Å². The number of aryl methyl sites for hydroxylation is 2. The molecule has 1 atom stereocenters. The molecule has 0 amide bonds. The first-order chi connectivity index (χ1) is 11.4. The summed E-state index contributed by atoms with van der Waals surface area (Å²) < 4.78 is 33.5. The van der Waals surface area contributed by atoms with Crippen LogP contribution in [0.5, 0.6) is 5.75 Å². The lowest BCUT2D eigenvalue weighted by Crippen LogP contribution is -2.31. The molecule has 24 heavy (non-hydrogen) atoms. The highest BCUT2D eigenvalue weighted by Crippen LogP contribution is 2.39. The Kier molecular flexibility index (Phi) is 4.60. The second-order valence-electron chi connectivity index (χ2n) is 6.14. The normalized spacial score (nSPS) is 18.7. The molecule has 1 saturated heterocycles. The molecule has 128 valence electrons. The molecule has 1 aliphatic heterocycles. The zero-order valence-electron chi connectivity index (χ0n) is 14.2. The van der Waals surface area contributed by atoms with Crippen LogP contribution in [0.4, 0.5) is 0 Å². The fourth-order valence-electron chi connectivity index (χ4n) is 3.20. The van der Waals surface area contributed by atoms with E-state index in [1.165, 1.54) is 7.11 Å². The molecule has 3 rings (SSSR count). The van der Waals surface area contributed by atoms with Crippen LogP contribution in [0.15, 0.2) is 41.6 Å². The van der Waals surface area contributed by atoms with Gasteiger partial charge in [0, 0.05) is 18.9 Å². The molecule has 2 aromatic rings. The Labute approximate surface area is 143 Å². The van der Waals surface area contributed by atoms with Gasteiger partial charge in [0.25, 0.3) is 0 Å². The van der Waals surface area contributed by atoms with E-state index in [-0.39, 0.29) is 10.9 Å². The second-order valence-corrected chi connectivity index (χ2v) is 8.00. The quantitative estimate of drug-likeness (QED) is 0.853. The van der Waals surface area contributed by atoms with E-state index in [0.717, 1.165) is 29.5 Å². The number of hydrogen-bond acceptors (Lipinski definition) is 4. The van der Waals surface area contributed by atoms with Crippen molar-refractivity contribution in [3.05, 3.63) is 53.3 Å². The van der Waals surface area contributed by atoms with Crippen LogP contribution in [0.2, 0.25) is 0 Å². The third kappa shape index (κ3) is 2.91. The Hall–Kier alpha value is -1.92. The molecule has 0 aliphatic carbocycles. The Balaban J connectivity index is 2.06. The zero-order valence-corrected chi connectivity index (χ0v) is 15.0. The smallest absolute Gasteiger partial charge is 0.247 e.